The molecule has 4 heteroatoms. The molecule has 2 N–H and O–H groups in total. The van der Waals surface area contributed by atoms with Gasteiger partial charge in [-0.05, 0) is 37.0 Å². The summed E-state index contributed by atoms with van der Waals surface area (Å²) in [5.74, 6) is 2.13. The molecule has 1 saturated carbocycles. The van der Waals surface area contributed by atoms with Gasteiger partial charge < -0.3 is 10.6 Å². The molecule has 1 aliphatic carbocycles. The first-order chi connectivity index (χ1) is 9.11. The molecule has 102 valence electrons. The second-order valence-corrected chi connectivity index (χ2v) is 7.14. The number of hydrogen-bond acceptors (Lipinski definition) is 4. The maximum absolute atomic E-state index is 9.21. The van der Waals surface area contributed by atoms with E-state index in [9.17, 15) is 5.26 Å². The summed E-state index contributed by atoms with van der Waals surface area (Å²) in [6.45, 7) is 6.88. The molecule has 3 nitrogen and oxygen atoms in total. The standard InChI is InChI=1S/C15H21N3S/c1-9-5-6-18(8-10(9)2)15-13(11-3-4-11)14(17)12(7-16)19-15/h9-11H,3-6,8,17H2,1-2H3. The second kappa shape index (κ2) is 4.72. The van der Waals surface area contributed by atoms with Crippen LogP contribution in [0, 0.1) is 23.2 Å². The van der Waals surface area contributed by atoms with Crippen molar-refractivity contribution in [3.63, 3.8) is 0 Å². The van der Waals surface area contributed by atoms with Gasteiger partial charge in [-0.25, -0.2) is 0 Å². The van der Waals surface area contributed by atoms with Gasteiger partial charge in [-0.3, -0.25) is 0 Å². The molecule has 3 rings (SSSR count). The van der Waals surface area contributed by atoms with Gasteiger partial charge in [0.1, 0.15) is 10.9 Å². The van der Waals surface area contributed by atoms with E-state index in [-0.39, 0.29) is 0 Å². The number of nitriles is 1. The molecule has 2 fully saturated rings. The van der Waals surface area contributed by atoms with Crippen molar-refractivity contribution in [1.29, 1.82) is 5.26 Å². The summed E-state index contributed by atoms with van der Waals surface area (Å²) in [7, 11) is 0. The van der Waals surface area contributed by atoms with Crippen LogP contribution in [0.5, 0.6) is 0 Å². The van der Waals surface area contributed by atoms with Crippen LogP contribution in [0.1, 0.15) is 49.5 Å². The van der Waals surface area contributed by atoms with Crippen molar-refractivity contribution in [1.82, 2.24) is 0 Å². The van der Waals surface area contributed by atoms with Crippen LogP contribution < -0.4 is 10.6 Å². The maximum Gasteiger partial charge on any atom is 0.130 e. The zero-order valence-electron chi connectivity index (χ0n) is 11.6. The highest BCUT2D eigenvalue weighted by Gasteiger charge is 2.34. The van der Waals surface area contributed by atoms with Crippen molar-refractivity contribution < 1.29 is 0 Å². The largest absolute Gasteiger partial charge is 0.397 e. The van der Waals surface area contributed by atoms with Gasteiger partial charge in [-0.1, -0.05) is 13.8 Å². The zero-order chi connectivity index (χ0) is 13.6. The number of piperidine rings is 1. The fraction of sp³-hybridized carbons (Fsp3) is 0.667. The molecule has 19 heavy (non-hydrogen) atoms. The van der Waals surface area contributed by atoms with E-state index in [1.807, 2.05) is 0 Å². The van der Waals surface area contributed by atoms with E-state index < -0.39 is 0 Å². The Morgan fingerprint density at radius 2 is 2.00 bits per heavy atom. The van der Waals surface area contributed by atoms with Crippen molar-refractivity contribution in [2.24, 2.45) is 11.8 Å². The third-order valence-electron chi connectivity index (χ3n) is 4.67. The van der Waals surface area contributed by atoms with Crippen LogP contribution in [0.4, 0.5) is 10.7 Å². The number of thiophene rings is 1. The molecule has 0 amide bonds. The quantitative estimate of drug-likeness (QED) is 0.898. The first kappa shape index (κ1) is 12.8. The summed E-state index contributed by atoms with van der Waals surface area (Å²) in [6.07, 6.45) is 3.71. The molecular weight excluding hydrogens is 254 g/mol. The highest BCUT2D eigenvalue weighted by atomic mass is 32.1. The predicted molar refractivity (Wildman–Crippen MR) is 80.6 cm³/mol. The molecule has 0 spiro atoms. The number of nitrogens with two attached hydrogens (primary N) is 1. The Bertz CT molecular complexity index is 524. The van der Waals surface area contributed by atoms with Gasteiger partial charge in [0.2, 0.25) is 0 Å². The smallest absolute Gasteiger partial charge is 0.130 e. The molecule has 1 saturated heterocycles. The minimum absolute atomic E-state index is 0.614. The van der Waals surface area contributed by atoms with E-state index in [1.54, 1.807) is 11.3 Å². The number of anilines is 2. The molecule has 0 bridgehead atoms. The summed E-state index contributed by atoms with van der Waals surface area (Å²) < 4.78 is 0. The Labute approximate surface area is 119 Å². The van der Waals surface area contributed by atoms with Crippen LogP contribution in [-0.4, -0.2) is 13.1 Å². The van der Waals surface area contributed by atoms with Crippen LogP contribution in [0.2, 0.25) is 0 Å². The average Bonchev–Trinajstić information content (AvgIpc) is 3.17. The highest BCUT2D eigenvalue weighted by molar-refractivity contribution is 7.17. The molecule has 2 atom stereocenters. The maximum atomic E-state index is 9.21. The summed E-state index contributed by atoms with van der Waals surface area (Å²) in [6, 6.07) is 2.26. The van der Waals surface area contributed by atoms with Crippen LogP contribution in [0.25, 0.3) is 0 Å². The summed E-state index contributed by atoms with van der Waals surface area (Å²) >= 11 is 1.60. The van der Waals surface area contributed by atoms with Crippen molar-refractivity contribution in [2.45, 2.75) is 39.0 Å². The van der Waals surface area contributed by atoms with E-state index >= 15 is 0 Å². The molecule has 0 radical (unpaired) electrons. The Kier molecular flexibility index (Phi) is 3.18. The molecule has 0 aromatic carbocycles. The van der Waals surface area contributed by atoms with Gasteiger partial charge in [-0.15, -0.1) is 11.3 Å². The third kappa shape index (κ3) is 2.21. The van der Waals surface area contributed by atoms with Crippen LogP contribution in [0.3, 0.4) is 0 Å². The molecule has 1 aromatic heterocycles. The second-order valence-electron chi connectivity index (χ2n) is 6.14. The van der Waals surface area contributed by atoms with Crippen LogP contribution in [-0.2, 0) is 0 Å². The van der Waals surface area contributed by atoms with Crippen molar-refractivity contribution in [3.05, 3.63) is 10.4 Å². The van der Waals surface area contributed by atoms with E-state index in [4.69, 9.17) is 5.73 Å². The minimum atomic E-state index is 0.614. The Morgan fingerprint density at radius 3 is 2.58 bits per heavy atom. The fourth-order valence-electron chi connectivity index (χ4n) is 2.98. The lowest BCUT2D eigenvalue weighted by Crippen LogP contribution is -2.38. The average molecular weight is 275 g/mol. The van der Waals surface area contributed by atoms with Gasteiger partial charge in [0, 0.05) is 18.7 Å². The Balaban J connectivity index is 1.94. The van der Waals surface area contributed by atoms with Crippen LogP contribution >= 0.6 is 11.3 Å². The molecule has 1 aliphatic heterocycles. The number of nitrogens with zero attached hydrogens (tertiary/aromatic N) is 2. The van der Waals surface area contributed by atoms with E-state index in [0.717, 1.165) is 30.6 Å². The number of hydrogen-bond donors (Lipinski definition) is 1. The molecular formula is C15H21N3S. The predicted octanol–water partition coefficient (Wildman–Crippen LogP) is 3.56. The minimum Gasteiger partial charge on any atom is -0.397 e. The van der Waals surface area contributed by atoms with Gasteiger partial charge in [0.15, 0.2) is 0 Å². The van der Waals surface area contributed by atoms with Crippen molar-refractivity contribution in [3.8, 4) is 6.07 Å². The molecule has 2 heterocycles. The summed E-state index contributed by atoms with van der Waals surface area (Å²) in [5.41, 5.74) is 8.23. The summed E-state index contributed by atoms with van der Waals surface area (Å²) in [4.78, 5) is 3.18. The van der Waals surface area contributed by atoms with E-state index in [1.165, 1.54) is 29.8 Å². The van der Waals surface area contributed by atoms with Gasteiger partial charge in [-0.2, -0.15) is 5.26 Å². The third-order valence-corrected chi connectivity index (χ3v) is 5.86. The monoisotopic (exact) mass is 275 g/mol. The SMILES string of the molecule is CC1CCN(c2sc(C#N)c(N)c2C2CC2)CC1C. The first-order valence-electron chi connectivity index (χ1n) is 7.19. The van der Waals surface area contributed by atoms with Crippen molar-refractivity contribution in [2.75, 3.05) is 23.7 Å². The number of rotatable bonds is 2. The Hall–Kier alpha value is -1.21. The zero-order valence-corrected chi connectivity index (χ0v) is 12.5. The van der Waals surface area contributed by atoms with Crippen LogP contribution in [0.15, 0.2) is 0 Å². The molecule has 2 aliphatic rings. The first-order valence-corrected chi connectivity index (χ1v) is 8.00. The van der Waals surface area contributed by atoms with E-state index in [0.29, 0.717) is 10.8 Å². The fourth-order valence-corrected chi connectivity index (χ4v) is 4.12. The van der Waals surface area contributed by atoms with Gasteiger partial charge in [0.25, 0.3) is 0 Å². The molecule has 1 aromatic rings. The Morgan fingerprint density at radius 1 is 1.26 bits per heavy atom. The van der Waals surface area contributed by atoms with Gasteiger partial charge >= 0.3 is 0 Å². The van der Waals surface area contributed by atoms with Crippen molar-refractivity contribution >= 4 is 22.0 Å². The lowest BCUT2D eigenvalue weighted by molar-refractivity contribution is 0.324. The lowest BCUT2D eigenvalue weighted by atomic mass is 9.88. The number of nitrogen functional groups attached to an aromatic ring is 1. The molecule has 2 unspecified atom stereocenters. The lowest BCUT2D eigenvalue weighted by Gasteiger charge is -2.36. The van der Waals surface area contributed by atoms with E-state index in [2.05, 4.69) is 24.8 Å². The normalized spacial score (nSPS) is 27.3. The highest BCUT2D eigenvalue weighted by Crippen LogP contribution is 2.52. The topological polar surface area (TPSA) is 53.0 Å². The van der Waals surface area contributed by atoms with Gasteiger partial charge in [0.05, 0.1) is 10.7 Å². The summed E-state index contributed by atoms with van der Waals surface area (Å²) in [5, 5.41) is 10.5.